The van der Waals surface area contributed by atoms with Gasteiger partial charge in [-0.05, 0) is 69.4 Å². The molecule has 32 heavy (non-hydrogen) atoms. The van der Waals surface area contributed by atoms with Crippen LogP contribution in [0.25, 0.3) is 0 Å². The minimum absolute atomic E-state index is 0.0464. The van der Waals surface area contributed by atoms with Crippen LogP contribution in [0.15, 0.2) is 35.2 Å². The third kappa shape index (κ3) is 4.34. The standard InChI is InChI=1S/C24H30N2O5S/c1-15-11-16(2)23(17(3)12-15)32(28,29)26-9-7-19(8-10-26)24(27)25-18(4)20-5-6-21-22(13-20)31-14-30-21/h5-6,11-13,18-19H,7-10,14H2,1-4H3,(H,25,27). The first-order valence-corrected chi connectivity index (χ1v) is 12.4. The van der Waals surface area contributed by atoms with E-state index in [-0.39, 0.29) is 24.7 Å². The van der Waals surface area contributed by atoms with Crippen LogP contribution in [0.1, 0.15) is 48.1 Å². The highest BCUT2D eigenvalue weighted by molar-refractivity contribution is 7.89. The highest BCUT2D eigenvalue weighted by atomic mass is 32.2. The van der Waals surface area contributed by atoms with E-state index in [0.29, 0.717) is 42.3 Å². The van der Waals surface area contributed by atoms with E-state index in [4.69, 9.17) is 9.47 Å². The second-order valence-corrected chi connectivity index (χ2v) is 10.6. The van der Waals surface area contributed by atoms with Crippen molar-refractivity contribution in [2.45, 2.75) is 51.5 Å². The lowest BCUT2D eigenvalue weighted by Gasteiger charge is -2.32. The fourth-order valence-electron chi connectivity index (χ4n) is 4.66. The molecule has 2 aromatic rings. The minimum Gasteiger partial charge on any atom is -0.454 e. The summed E-state index contributed by atoms with van der Waals surface area (Å²) in [7, 11) is -3.59. The van der Waals surface area contributed by atoms with Gasteiger partial charge in [0, 0.05) is 19.0 Å². The summed E-state index contributed by atoms with van der Waals surface area (Å²) in [4.78, 5) is 13.2. The summed E-state index contributed by atoms with van der Waals surface area (Å²) in [5.41, 5.74) is 3.51. The molecule has 8 heteroatoms. The molecule has 2 aliphatic heterocycles. The number of benzene rings is 2. The molecule has 0 aromatic heterocycles. The first kappa shape index (κ1) is 22.6. The van der Waals surface area contributed by atoms with Crippen molar-refractivity contribution in [3.8, 4) is 11.5 Å². The fourth-order valence-corrected chi connectivity index (χ4v) is 6.54. The molecule has 0 radical (unpaired) electrons. The maximum Gasteiger partial charge on any atom is 0.243 e. The van der Waals surface area contributed by atoms with Crippen molar-refractivity contribution in [2.75, 3.05) is 19.9 Å². The van der Waals surface area contributed by atoms with Gasteiger partial charge in [0.1, 0.15) is 0 Å². The molecule has 1 amide bonds. The average Bonchev–Trinajstić information content (AvgIpc) is 3.20. The van der Waals surface area contributed by atoms with Crippen molar-refractivity contribution < 1.29 is 22.7 Å². The Kier molecular flexibility index (Phi) is 6.18. The zero-order valence-electron chi connectivity index (χ0n) is 19.0. The Bertz CT molecular complexity index is 1110. The number of rotatable bonds is 5. The molecule has 1 atom stereocenters. The molecule has 2 heterocycles. The molecule has 1 N–H and O–H groups in total. The van der Waals surface area contributed by atoms with E-state index in [0.717, 1.165) is 22.3 Å². The van der Waals surface area contributed by atoms with Crippen LogP contribution in [-0.2, 0) is 14.8 Å². The third-order valence-corrected chi connectivity index (χ3v) is 8.49. The highest BCUT2D eigenvalue weighted by Crippen LogP contribution is 2.34. The lowest BCUT2D eigenvalue weighted by atomic mass is 9.96. The lowest BCUT2D eigenvalue weighted by molar-refractivity contribution is -0.126. The maximum atomic E-state index is 13.3. The summed E-state index contributed by atoms with van der Waals surface area (Å²) in [6.07, 6.45) is 1.01. The van der Waals surface area contributed by atoms with Gasteiger partial charge in [0.15, 0.2) is 11.5 Å². The maximum absolute atomic E-state index is 13.3. The SMILES string of the molecule is Cc1cc(C)c(S(=O)(=O)N2CCC(C(=O)NC(C)c3ccc4c(c3)OCO4)CC2)c(C)c1. The van der Waals surface area contributed by atoms with E-state index in [1.165, 1.54) is 4.31 Å². The molecule has 1 fully saturated rings. The predicted octanol–water partition coefficient (Wildman–Crippen LogP) is 3.62. The number of ether oxygens (including phenoxy) is 2. The van der Waals surface area contributed by atoms with Crippen molar-refractivity contribution >= 4 is 15.9 Å². The van der Waals surface area contributed by atoms with Crippen LogP contribution in [0.5, 0.6) is 11.5 Å². The van der Waals surface area contributed by atoms with Gasteiger partial charge >= 0.3 is 0 Å². The van der Waals surface area contributed by atoms with Crippen molar-refractivity contribution in [3.05, 3.63) is 52.6 Å². The summed E-state index contributed by atoms with van der Waals surface area (Å²) in [5, 5.41) is 3.06. The van der Waals surface area contributed by atoms with E-state index >= 15 is 0 Å². The Labute approximate surface area is 189 Å². The third-order valence-electron chi connectivity index (χ3n) is 6.28. The van der Waals surface area contributed by atoms with Crippen molar-refractivity contribution in [1.29, 1.82) is 0 Å². The van der Waals surface area contributed by atoms with Crippen LogP contribution in [0.2, 0.25) is 0 Å². The molecular formula is C24H30N2O5S. The summed E-state index contributed by atoms with van der Waals surface area (Å²) < 4.78 is 38.8. The monoisotopic (exact) mass is 458 g/mol. The van der Waals surface area contributed by atoms with Crippen LogP contribution < -0.4 is 14.8 Å². The number of hydrogen-bond donors (Lipinski definition) is 1. The molecule has 0 saturated carbocycles. The number of amides is 1. The van der Waals surface area contributed by atoms with Gasteiger partial charge in [-0.15, -0.1) is 0 Å². The Morgan fingerprint density at radius 3 is 2.31 bits per heavy atom. The number of sulfonamides is 1. The zero-order valence-corrected chi connectivity index (χ0v) is 19.8. The number of carbonyl (C=O) groups is 1. The van der Waals surface area contributed by atoms with Crippen molar-refractivity contribution in [2.24, 2.45) is 5.92 Å². The Hall–Kier alpha value is -2.58. The number of aryl methyl sites for hydroxylation is 3. The molecule has 0 bridgehead atoms. The van der Waals surface area contributed by atoms with E-state index < -0.39 is 10.0 Å². The quantitative estimate of drug-likeness (QED) is 0.740. The van der Waals surface area contributed by atoms with Gasteiger partial charge in [0.2, 0.25) is 22.7 Å². The van der Waals surface area contributed by atoms with Crippen LogP contribution in [0, 0.1) is 26.7 Å². The van der Waals surface area contributed by atoms with Crippen LogP contribution >= 0.6 is 0 Å². The number of hydrogen-bond acceptors (Lipinski definition) is 5. The van der Waals surface area contributed by atoms with E-state index in [9.17, 15) is 13.2 Å². The second kappa shape index (κ2) is 8.75. The molecule has 1 unspecified atom stereocenters. The molecule has 0 spiro atoms. The normalized spacial score (nSPS) is 17.9. The molecule has 172 valence electrons. The molecule has 7 nitrogen and oxygen atoms in total. The van der Waals surface area contributed by atoms with Crippen LogP contribution in [-0.4, -0.2) is 38.5 Å². The smallest absolute Gasteiger partial charge is 0.243 e. The van der Waals surface area contributed by atoms with Gasteiger partial charge in [0.05, 0.1) is 10.9 Å². The number of nitrogens with zero attached hydrogens (tertiary/aromatic N) is 1. The molecule has 0 aliphatic carbocycles. The number of piperidine rings is 1. The number of fused-ring (bicyclic) bond motifs is 1. The predicted molar refractivity (Wildman–Crippen MR) is 121 cm³/mol. The Morgan fingerprint density at radius 2 is 1.66 bits per heavy atom. The second-order valence-electron chi connectivity index (χ2n) is 8.75. The van der Waals surface area contributed by atoms with Gasteiger partial charge in [-0.2, -0.15) is 4.31 Å². The summed E-state index contributed by atoms with van der Waals surface area (Å²) in [6.45, 7) is 8.46. The molecule has 1 saturated heterocycles. The lowest BCUT2D eigenvalue weighted by Crippen LogP contribution is -2.43. The molecule has 4 rings (SSSR count). The van der Waals surface area contributed by atoms with Gasteiger partial charge in [-0.25, -0.2) is 8.42 Å². The summed E-state index contributed by atoms with van der Waals surface area (Å²) >= 11 is 0. The van der Waals surface area contributed by atoms with Crippen molar-refractivity contribution in [3.63, 3.8) is 0 Å². The highest BCUT2D eigenvalue weighted by Gasteiger charge is 2.34. The van der Waals surface area contributed by atoms with E-state index in [2.05, 4.69) is 5.32 Å². The van der Waals surface area contributed by atoms with Gasteiger partial charge in [-0.3, -0.25) is 4.79 Å². The molecule has 2 aromatic carbocycles. The van der Waals surface area contributed by atoms with Crippen LogP contribution in [0.3, 0.4) is 0 Å². The average molecular weight is 459 g/mol. The minimum atomic E-state index is -3.59. The zero-order chi connectivity index (χ0) is 23.0. The first-order chi connectivity index (χ1) is 15.2. The van der Waals surface area contributed by atoms with Gasteiger partial charge in [-0.1, -0.05) is 23.8 Å². The van der Waals surface area contributed by atoms with E-state index in [1.807, 2.05) is 58.0 Å². The first-order valence-electron chi connectivity index (χ1n) is 10.9. The Morgan fingerprint density at radius 1 is 1.03 bits per heavy atom. The topological polar surface area (TPSA) is 84.9 Å². The van der Waals surface area contributed by atoms with Crippen LogP contribution in [0.4, 0.5) is 0 Å². The number of nitrogens with one attached hydrogen (secondary N) is 1. The number of carbonyl (C=O) groups excluding carboxylic acids is 1. The summed E-state index contributed by atoms with van der Waals surface area (Å²) in [5.74, 6) is 1.14. The fraction of sp³-hybridized carbons (Fsp3) is 0.458. The van der Waals surface area contributed by atoms with Gasteiger partial charge in [0.25, 0.3) is 0 Å². The molecular weight excluding hydrogens is 428 g/mol. The summed E-state index contributed by atoms with van der Waals surface area (Å²) in [6, 6.07) is 9.26. The largest absolute Gasteiger partial charge is 0.454 e. The van der Waals surface area contributed by atoms with Crippen molar-refractivity contribution in [1.82, 2.24) is 9.62 Å². The Balaban J connectivity index is 1.38. The van der Waals surface area contributed by atoms with E-state index in [1.54, 1.807) is 0 Å². The molecule has 2 aliphatic rings. The van der Waals surface area contributed by atoms with Gasteiger partial charge < -0.3 is 14.8 Å².